The smallest absolute Gasteiger partial charge is 0.251 e. The van der Waals surface area contributed by atoms with Gasteiger partial charge in [-0.25, -0.2) is 0 Å². The van der Waals surface area contributed by atoms with Crippen LogP contribution in [0.4, 0.5) is 0 Å². The molecule has 6 nitrogen and oxygen atoms in total. The SMILES string of the molecule is Cc1nnc(-c2ccc(-c3cccc(C(=O)NCC4CCCO4)c3)cc2)o1. The fourth-order valence-electron chi connectivity index (χ4n) is 3.17. The molecule has 138 valence electrons. The third-order valence-electron chi connectivity index (χ3n) is 4.63. The molecule has 0 spiro atoms. The summed E-state index contributed by atoms with van der Waals surface area (Å²) >= 11 is 0. The first kappa shape index (κ1) is 17.4. The van der Waals surface area contributed by atoms with E-state index in [4.69, 9.17) is 9.15 Å². The van der Waals surface area contributed by atoms with Gasteiger partial charge in [-0.05, 0) is 48.2 Å². The van der Waals surface area contributed by atoms with Gasteiger partial charge in [0.1, 0.15) is 0 Å². The zero-order chi connectivity index (χ0) is 18.6. The Kier molecular flexibility index (Phi) is 4.98. The Morgan fingerprint density at radius 2 is 1.93 bits per heavy atom. The number of hydrogen-bond acceptors (Lipinski definition) is 5. The molecule has 1 aromatic heterocycles. The van der Waals surface area contributed by atoms with Gasteiger partial charge in [0.05, 0.1) is 6.10 Å². The number of aryl methyl sites for hydroxylation is 1. The van der Waals surface area contributed by atoms with Crippen LogP contribution in [0.5, 0.6) is 0 Å². The Hall–Kier alpha value is -2.99. The highest BCUT2D eigenvalue weighted by Crippen LogP contribution is 2.25. The van der Waals surface area contributed by atoms with E-state index in [2.05, 4.69) is 15.5 Å². The Labute approximate surface area is 157 Å². The van der Waals surface area contributed by atoms with E-state index in [1.165, 1.54) is 0 Å². The second-order valence-electron chi connectivity index (χ2n) is 6.63. The third kappa shape index (κ3) is 4.06. The van der Waals surface area contributed by atoms with Crippen LogP contribution in [0.15, 0.2) is 52.9 Å². The van der Waals surface area contributed by atoms with Gasteiger partial charge in [0.15, 0.2) is 0 Å². The lowest BCUT2D eigenvalue weighted by Gasteiger charge is -2.11. The van der Waals surface area contributed by atoms with Crippen molar-refractivity contribution < 1.29 is 13.9 Å². The number of rotatable bonds is 5. The number of carbonyl (C=O) groups excluding carboxylic acids is 1. The molecule has 1 fully saturated rings. The molecule has 1 amide bonds. The molecule has 1 N–H and O–H groups in total. The summed E-state index contributed by atoms with van der Waals surface area (Å²) in [5, 5.41) is 10.8. The van der Waals surface area contributed by atoms with Crippen LogP contribution in [0.3, 0.4) is 0 Å². The van der Waals surface area contributed by atoms with Gasteiger partial charge in [0.2, 0.25) is 11.8 Å². The van der Waals surface area contributed by atoms with E-state index in [1.54, 1.807) is 6.92 Å². The van der Waals surface area contributed by atoms with Crippen LogP contribution >= 0.6 is 0 Å². The van der Waals surface area contributed by atoms with Gasteiger partial charge >= 0.3 is 0 Å². The number of hydrogen-bond donors (Lipinski definition) is 1. The van der Waals surface area contributed by atoms with Crippen LogP contribution in [0.1, 0.15) is 29.1 Å². The Morgan fingerprint density at radius 3 is 2.63 bits per heavy atom. The van der Waals surface area contributed by atoms with Crippen LogP contribution in [0.25, 0.3) is 22.6 Å². The quantitative estimate of drug-likeness (QED) is 0.749. The highest BCUT2D eigenvalue weighted by Gasteiger charge is 2.17. The summed E-state index contributed by atoms with van der Waals surface area (Å²) in [6.07, 6.45) is 2.21. The van der Waals surface area contributed by atoms with Crippen molar-refractivity contribution in [3.05, 3.63) is 60.0 Å². The van der Waals surface area contributed by atoms with Crippen LogP contribution in [-0.2, 0) is 4.74 Å². The zero-order valence-corrected chi connectivity index (χ0v) is 15.1. The van der Waals surface area contributed by atoms with Gasteiger partial charge in [0.25, 0.3) is 5.91 Å². The molecule has 0 aliphatic carbocycles. The first-order valence-corrected chi connectivity index (χ1v) is 9.10. The molecule has 1 aliphatic rings. The van der Waals surface area contributed by atoms with Crippen LogP contribution in [0, 0.1) is 6.92 Å². The van der Waals surface area contributed by atoms with E-state index >= 15 is 0 Å². The van der Waals surface area contributed by atoms with Gasteiger partial charge < -0.3 is 14.5 Å². The Bertz CT molecular complexity index is 928. The molecule has 1 atom stereocenters. The van der Waals surface area contributed by atoms with E-state index < -0.39 is 0 Å². The summed E-state index contributed by atoms with van der Waals surface area (Å²) in [6, 6.07) is 15.4. The molecule has 2 aromatic carbocycles. The van der Waals surface area contributed by atoms with Crippen molar-refractivity contribution in [1.29, 1.82) is 0 Å². The number of benzene rings is 2. The molecular formula is C21H21N3O3. The van der Waals surface area contributed by atoms with Gasteiger partial charge in [-0.1, -0.05) is 24.3 Å². The van der Waals surface area contributed by atoms with E-state index in [0.29, 0.717) is 23.9 Å². The molecule has 1 aliphatic heterocycles. The molecule has 0 radical (unpaired) electrons. The minimum absolute atomic E-state index is 0.0784. The van der Waals surface area contributed by atoms with E-state index in [0.717, 1.165) is 36.1 Å². The Balaban J connectivity index is 1.47. The normalized spacial score (nSPS) is 16.4. The lowest BCUT2D eigenvalue weighted by atomic mass is 10.0. The van der Waals surface area contributed by atoms with Crippen molar-refractivity contribution in [2.45, 2.75) is 25.9 Å². The van der Waals surface area contributed by atoms with Crippen LogP contribution in [-0.4, -0.2) is 35.4 Å². The molecule has 1 unspecified atom stereocenters. The van der Waals surface area contributed by atoms with Crippen molar-refractivity contribution >= 4 is 5.91 Å². The summed E-state index contributed by atoms with van der Waals surface area (Å²) in [5.41, 5.74) is 3.50. The highest BCUT2D eigenvalue weighted by molar-refractivity contribution is 5.95. The minimum atomic E-state index is -0.0784. The topological polar surface area (TPSA) is 77.2 Å². The molecule has 3 aromatic rings. The number of ether oxygens (including phenoxy) is 1. The van der Waals surface area contributed by atoms with Gasteiger partial charge in [-0.15, -0.1) is 10.2 Å². The molecular weight excluding hydrogens is 342 g/mol. The van der Waals surface area contributed by atoms with E-state index in [1.807, 2.05) is 48.5 Å². The molecule has 4 rings (SSSR count). The maximum absolute atomic E-state index is 12.4. The average Bonchev–Trinajstić information content (AvgIpc) is 3.38. The lowest BCUT2D eigenvalue weighted by molar-refractivity contribution is 0.0858. The number of carbonyl (C=O) groups is 1. The summed E-state index contributed by atoms with van der Waals surface area (Å²) in [6.45, 7) is 3.11. The maximum Gasteiger partial charge on any atom is 0.251 e. The number of amides is 1. The average molecular weight is 363 g/mol. The zero-order valence-electron chi connectivity index (χ0n) is 15.1. The molecule has 2 heterocycles. The number of aromatic nitrogens is 2. The number of nitrogens with zero attached hydrogens (tertiary/aromatic N) is 2. The molecule has 0 bridgehead atoms. The maximum atomic E-state index is 12.4. The standard InChI is InChI=1S/C21H21N3O3/c1-14-23-24-21(27-14)16-9-7-15(8-10-16)17-4-2-5-18(12-17)20(25)22-13-19-6-3-11-26-19/h2,4-5,7-10,12,19H,3,6,11,13H2,1H3,(H,22,25). The first-order valence-electron chi connectivity index (χ1n) is 9.10. The first-order chi connectivity index (χ1) is 13.2. The molecule has 0 saturated carbocycles. The lowest BCUT2D eigenvalue weighted by Crippen LogP contribution is -2.31. The second kappa shape index (κ2) is 7.72. The minimum Gasteiger partial charge on any atom is -0.421 e. The molecule has 6 heteroatoms. The van der Waals surface area contributed by atoms with Crippen molar-refractivity contribution in [3.8, 4) is 22.6 Å². The van der Waals surface area contributed by atoms with Crippen LogP contribution in [0.2, 0.25) is 0 Å². The fraction of sp³-hybridized carbons (Fsp3) is 0.286. The van der Waals surface area contributed by atoms with Gasteiger partial charge in [0, 0.05) is 31.2 Å². The summed E-state index contributed by atoms with van der Waals surface area (Å²) in [7, 11) is 0. The van der Waals surface area contributed by atoms with Crippen molar-refractivity contribution in [1.82, 2.24) is 15.5 Å². The van der Waals surface area contributed by atoms with Crippen molar-refractivity contribution in [2.24, 2.45) is 0 Å². The van der Waals surface area contributed by atoms with Gasteiger partial charge in [-0.3, -0.25) is 4.79 Å². The van der Waals surface area contributed by atoms with Crippen LogP contribution < -0.4 is 5.32 Å². The van der Waals surface area contributed by atoms with E-state index in [9.17, 15) is 4.79 Å². The van der Waals surface area contributed by atoms with Crippen molar-refractivity contribution in [2.75, 3.05) is 13.2 Å². The monoisotopic (exact) mass is 363 g/mol. The highest BCUT2D eigenvalue weighted by atomic mass is 16.5. The summed E-state index contributed by atoms with van der Waals surface area (Å²) < 4.78 is 11.0. The predicted octanol–water partition coefficient (Wildman–Crippen LogP) is 3.62. The predicted molar refractivity (Wildman–Crippen MR) is 101 cm³/mol. The largest absolute Gasteiger partial charge is 0.421 e. The third-order valence-corrected chi connectivity index (χ3v) is 4.63. The summed E-state index contributed by atoms with van der Waals surface area (Å²) in [4.78, 5) is 12.4. The van der Waals surface area contributed by atoms with E-state index in [-0.39, 0.29) is 12.0 Å². The van der Waals surface area contributed by atoms with Gasteiger partial charge in [-0.2, -0.15) is 0 Å². The molecule has 27 heavy (non-hydrogen) atoms. The second-order valence-corrected chi connectivity index (χ2v) is 6.63. The molecule has 1 saturated heterocycles. The van der Waals surface area contributed by atoms with Crippen molar-refractivity contribution in [3.63, 3.8) is 0 Å². The number of nitrogens with one attached hydrogen (secondary N) is 1. The fourth-order valence-corrected chi connectivity index (χ4v) is 3.17. The summed E-state index contributed by atoms with van der Waals surface area (Å²) in [5.74, 6) is 0.961. The Morgan fingerprint density at radius 1 is 1.11 bits per heavy atom.